The number of carbonyl (C=O) groups is 2. The fourth-order valence-corrected chi connectivity index (χ4v) is 3.46. The van der Waals surface area contributed by atoms with Crippen LogP contribution in [-0.2, 0) is 9.59 Å². The van der Waals surface area contributed by atoms with Crippen molar-refractivity contribution in [2.24, 2.45) is 10.8 Å². The molecule has 0 heterocycles. The van der Waals surface area contributed by atoms with Crippen molar-refractivity contribution in [2.75, 3.05) is 0 Å². The third kappa shape index (κ3) is 9.98. The Morgan fingerprint density at radius 3 is 1.19 bits per heavy atom. The van der Waals surface area contributed by atoms with Crippen LogP contribution < -0.4 is 0 Å². The molecule has 4 nitrogen and oxygen atoms in total. The van der Waals surface area contributed by atoms with Gasteiger partial charge >= 0.3 is 11.9 Å². The average Bonchev–Trinajstić information content (AvgIpc) is 2.50. The summed E-state index contributed by atoms with van der Waals surface area (Å²) < 4.78 is 0. The molecule has 26 heavy (non-hydrogen) atoms. The third-order valence-electron chi connectivity index (χ3n) is 5.11. The van der Waals surface area contributed by atoms with E-state index >= 15 is 0 Å². The molecule has 0 fully saturated rings. The van der Waals surface area contributed by atoms with Crippen LogP contribution in [0, 0.1) is 10.8 Å². The first-order valence-electron chi connectivity index (χ1n) is 10.1. The highest BCUT2D eigenvalue weighted by atomic mass is 16.4. The Morgan fingerprint density at radius 2 is 0.962 bits per heavy atom. The van der Waals surface area contributed by atoms with Crippen LogP contribution in [0.4, 0.5) is 0 Å². The van der Waals surface area contributed by atoms with Gasteiger partial charge < -0.3 is 10.2 Å². The summed E-state index contributed by atoms with van der Waals surface area (Å²) in [5, 5.41) is 19.4. The molecule has 0 bridgehead atoms. The Kier molecular flexibility index (Phi) is 10.8. The number of carboxylic acids is 2. The van der Waals surface area contributed by atoms with Crippen LogP contribution in [0.2, 0.25) is 0 Å². The van der Waals surface area contributed by atoms with Gasteiger partial charge in [-0.25, -0.2) is 9.59 Å². The molecule has 2 N–H and O–H groups in total. The molecule has 0 aliphatic heterocycles. The van der Waals surface area contributed by atoms with Crippen molar-refractivity contribution < 1.29 is 19.8 Å². The molecule has 0 radical (unpaired) electrons. The van der Waals surface area contributed by atoms with Gasteiger partial charge in [0.1, 0.15) is 0 Å². The molecular weight excluding hydrogens is 328 g/mol. The van der Waals surface area contributed by atoms with Crippen LogP contribution in [-0.4, -0.2) is 22.2 Å². The van der Waals surface area contributed by atoms with Crippen molar-refractivity contribution in [1.29, 1.82) is 0 Å². The van der Waals surface area contributed by atoms with E-state index in [1.165, 1.54) is 0 Å². The van der Waals surface area contributed by atoms with Crippen molar-refractivity contribution in [2.45, 2.75) is 106 Å². The summed E-state index contributed by atoms with van der Waals surface area (Å²) in [7, 11) is 0. The van der Waals surface area contributed by atoms with Gasteiger partial charge in [0.15, 0.2) is 0 Å². The molecule has 0 aromatic rings. The minimum atomic E-state index is -1.09. The number of unbranched alkanes of at least 4 members (excludes halogenated alkanes) is 4. The minimum absolute atomic E-state index is 0.0857. The summed E-state index contributed by atoms with van der Waals surface area (Å²) in [4.78, 5) is 23.8. The Balaban J connectivity index is 5.47. The third-order valence-corrected chi connectivity index (χ3v) is 5.11. The topological polar surface area (TPSA) is 74.6 Å². The number of aliphatic carboxylic acids is 2. The van der Waals surface area contributed by atoms with Gasteiger partial charge in [-0.3, -0.25) is 0 Å². The number of hydrogen-bond acceptors (Lipinski definition) is 2. The van der Waals surface area contributed by atoms with E-state index in [2.05, 4.69) is 13.8 Å². The van der Waals surface area contributed by atoms with Crippen molar-refractivity contribution in [3.63, 3.8) is 0 Å². The lowest BCUT2D eigenvalue weighted by Gasteiger charge is -2.29. The molecule has 0 aliphatic carbocycles. The number of carboxylic acid groups (broad SMARTS) is 2. The van der Waals surface area contributed by atoms with E-state index in [-0.39, 0.29) is 22.0 Å². The predicted octanol–water partition coefficient (Wildman–Crippen LogP) is 6.45. The largest absolute Gasteiger partial charge is 0.478 e. The van der Waals surface area contributed by atoms with Crippen LogP contribution in [0.5, 0.6) is 0 Å². The zero-order valence-electron chi connectivity index (χ0n) is 17.8. The monoisotopic (exact) mass is 368 g/mol. The molecule has 152 valence electrons. The predicted molar refractivity (Wildman–Crippen MR) is 107 cm³/mol. The van der Waals surface area contributed by atoms with E-state index in [1.54, 1.807) is 0 Å². The van der Waals surface area contributed by atoms with E-state index in [0.29, 0.717) is 12.8 Å². The summed E-state index contributed by atoms with van der Waals surface area (Å²) >= 11 is 0. The molecule has 4 heteroatoms. The van der Waals surface area contributed by atoms with Gasteiger partial charge in [-0.15, -0.1) is 0 Å². The highest BCUT2D eigenvalue weighted by Crippen LogP contribution is 2.37. The lowest BCUT2D eigenvalue weighted by atomic mass is 9.76. The zero-order valence-corrected chi connectivity index (χ0v) is 17.8. The van der Waals surface area contributed by atoms with Crippen LogP contribution in [0.1, 0.15) is 106 Å². The van der Waals surface area contributed by atoms with E-state index in [0.717, 1.165) is 51.4 Å². The molecule has 0 rings (SSSR count). The lowest BCUT2D eigenvalue weighted by Crippen LogP contribution is -2.23. The standard InChI is InChI=1S/C22H40O4/c1-7-9-11-13-21(3,4)15-17(19(23)24)18(20(25)26)16-22(5,6)14-12-10-8-2/h7-16H2,1-6H3,(H,23,24)(H,25,26)/b18-17-. The molecule has 0 spiro atoms. The maximum Gasteiger partial charge on any atom is 0.332 e. The zero-order chi connectivity index (χ0) is 20.4. The first-order chi connectivity index (χ1) is 12.0. The molecule has 0 atom stereocenters. The van der Waals surface area contributed by atoms with Gasteiger partial charge in [0, 0.05) is 11.1 Å². The highest BCUT2D eigenvalue weighted by Gasteiger charge is 2.31. The fourth-order valence-electron chi connectivity index (χ4n) is 3.46. The Hall–Kier alpha value is -1.32. The minimum Gasteiger partial charge on any atom is -0.478 e. The molecule has 0 unspecified atom stereocenters. The summed E-state index contributed by atoms with van der Waals surface area (Å²) in [6.45, 7) is 12.4. The first-order valence-corrected chi connectivity index (χ1v) is 10.1. The van der Waals surface area contributed by atoms with Gasteiger partial charge in [-0.05, 0) is 36.5 Å². The van der Waals surface area contributed by atoms with E-state index in [9.17, 15) is 19.8 Å². The molecule has 0 aromatic heterocycles. The highest BCUT2D eigenvalue weighted by molar-refractivity contribution is 5.98. The number of rotatable bonds is 14. The Labute approximate surface area is 160 Å². The molecule has 0 saturated heterocycles. The summed E-state index contributed by atoms with van der Waals surface area (Å²) in [6, 6.07) is 0. The maximum atomic E-state index is 11.9. The van der Waals surface area contributed by atoms with Gasteiger partial charge in [0.25, 0.3) is 0 Å². The smallest absolute Gasteiger partial charge is 0.332 e. The number of hydrogen-bond donors (Lipinski definition) is 2. The van der Waals surface area contributed by atoms with Gasteiger partial charge in [0.05, 0.1) is 0 Å². The van der Waals surface area contributed by atoms with Crippen molar-refractivity contribution in [1.82, 2.24) is 0 Å². The second kappa shape index (κ2) is 11.4. The normalized spacial score (nSPS) is 13.5. The maximum absolute atomic E-state index is 11.9. The summed E-state index contributed by atoms with van der Waals surface area (Å²) in [6.07, 6.45) is 8.97. The van der Waals surface area contributed by atoms with E-state index < -0.39 is 11.9 Å². The van der Waals surface area contributed by atoms with Gasteiger partial charge in [0.2, 0.25) is 0 Å². The summed E-state index contributed by atoms with van der Waals surface area (Å²) in [5.41, 5.74) is -0.253. The first kappa shape index (κ1) is 24.7. The molecule has 0 saturated carbocycles. The van der Waals surface area contributed by atoms with Crippen LogP contribution >= 0.6 is 0 Å². The van der Waals surface area contributed by atoms with Gasteiger partial charge in [-0.1, -0.05) is 80.1 Å². The molecule has 0 aromatic carbocycles. The fraction of sp³-hybridized carbons (Fsp3) is 0.818. The summed E-state index contributed by atoms with van der Waals surface area (Å²) in [5.74, 6) is -2.18. The molecular formula is C22H40O4. The van der Waals surface area contributed by atoms with E-state index in [1.807, 2.05) is 27.7 Å². The average molecular weight is 369 g/mol. The van der Waals surface area contributed by atoms with Crippen LogP contribution in [0.15, 0.2) is 11.1 Å². The van der Waals surface area contributed by atoms with Crippen LogP contribution in [0.3, 0.4) is 0 Å². The molecule has 0 amide bonds. The van der Waals surface area contributed by atoms with Gasteiger partial charge in [-0.2, -0.15) is 0 Å². The van der Waals surface area contributed by atoms with Crippen molar-refractivity contribution in [3.05, 3.63) is 11.1 Å². The van der Waals surface area contributed by atoms with Crippen LogP contribution in [0.25, 0.3) is 0 Å². The second-order valence-electron chi connectivity index (χ2n) is 9.16. The van der Waals surface area contributed by atoms with Crippen molar-refractivity contribution >= 4 is 11.9 Å². The quantitative estimate of drug-likeness (QED) is 0.273. The lowest BCUT2D eigenvalue weighted by molar-refractivity contribution is -0.136. The second-order valence-corrected chi connectivity index (χ2v) is 9.16. The van der Waals surface area contributed by atoms with Crippen molar-refractivity contribution in [3.8, 4) is 0 Å². The van der Waals surface area contributed by atoms with E-state index in [4.69, 9.17) is 0 Å². The Bertz CT molecular complexity index is 442. The Morgan fingerprint density at radius 1 is 0.654 bits per heavy atom. The molecule has 0 aliphatic rings. The SMILES string of the molecule is CCCCCC(C)(C)C/C(C(=O)O)=C(\CC(C)(C)CCCCC)C(=O)O.